The SMILES string of the molecule is CCCCN(CP(=O)(OCC)C(C)(OCC)OCC)[C@@H](C)c1ccccc1. The first kappa shape index (κ1) is 24.3. The molecule has 0 bridgehead atoms. The fourth-order valence-corrected chi connectivity index (χ4v) is 5.70. The van der Waals surface area contributed by atoms with E-state index in [4.69, 9.17) is 14.0 Å². The van der Waals surface area contributed by atoms with E-state index in [1.54, 1.807) is 6.92 Å². The maximum atomic E-state index is 14.0. The molecule has 0 spiro atoms. The second-order valence-electron chi connectivity index (χ2n) is 6.75. The molecule has 156 valence electrons. The summed E-state index contributed by atoms with van der Waals surface area (Å²) in [5.41, 5.74) is -0.0425. The Bertz CT molecular complexity index is 561. The summed E-state index contributed by atoms with van der Waals surface area (Å²) in [4.78, 5) is 2.24. The lowest BCUT2D eigenvalue weighted by Crippen LogP contribution is -2.39. The third kappa shape index (κ3) is 6.69. The molecule has 0 saturated carbocycles. The molecule has 0 N–H and O–H groups in total. The normalized spacial score (nSPS) is 15.7. The largest absolute Gasteiger partial charge is 0.342 e. The van der Waals surface area contributed by atoms with E-state index in [9.17, 15) is 4.57 Å². The van der Waals surface area contributed by atoms with Gasteiger partial charge in [-0.25, -0.2) is 0 Å². The van der Waals surface area contributed by atoms with E-state index in [1.807, 2.05) is 39.0 Å². The zero-order valence-corrected chi connectivity index (χ0v) is 18.8. The Morgan fingerprint density at radius 1 is 1.04 bits per heavy atom. The van der Waals surface area contributed by atoms with Gasteiger partial charge < -0.3 is 14.0 Å². The molecule has 0 fully saturated rings. The number of rotatable bonds is 14. The minimum Gasteiger partial charge on any atom is -0.342 e. The van der Waals surface area contributed by atoms with Gasteiger partial charge in [0.05, 0.1) is 12.9 Å². The van der Waals surface area contributed by atoms with Crippen LogP contribution >= 0.6 is 7.37 Å². The summed E-state index contributed by atoms with van der Waals surface area (Å²) >= 11 is 0. The minimum absolute atomic E-state index is 0.124. The topological polar surface area (TPSA) is 48.0 Å². The molecule has 0 heterocycles. The summed E-state index contributed by atoms with van der Waals surface area (Å²) in [6.07, 6.45) is 2.40. The van der Waals surface area contributed by atoms with Crippen molar-refractivity contribution in [2.45, 2.75) is 66.0 Å². The lowest BCUT2D eigenvalue weighted by atomic mass is 10.1. The van der Waals surface area contributed by atoms with E-state index in [0.29, 0.717) is 26.1 Å². The van der Waals surface area contributed by atoms with Crippen molar-refractivity contribution in [3.63, 3.8) is 0 Å². The summed E-state index contributed by atoms with van der Waals surface area (Å²) in [6.45, 7) is 13.7. The predicted molar refractivity (Wildman–Crippen MR) is 112 cm³/mol. The molecule has 1 unspecified atom stereocenters. The Morgan fingerprint density at radius 2 is 1.63 bits per heavy atom. The molecular formula is C21H38NO4P. The molecule has 0 aromatic heterocycles. The highest BCUT2D eigenvalue weighted by Crippen LogP contribution is 2.61. The standard InChI is InChI=1S/C21H38NO4P/c1-7-11-17-22(19(5)20-15-13-12-14-16-20)18-27(23,26-10-4)21(6,24-8-2)25-9-3/h12-16,19H,7-11,17-18H2,1-6H3/t19-,27?/m0/s1. The van der Waals surface area contributed by atoms with Crippen LogP contribution in [0.2, 0.25) is 0 Å². The van der Waals surface area contributed by atoms with Crippen LogP contribution in [0.25, 0.3) is 0 Å². The predicted octanol–water partition coefficient (Wildman–Crippen LogP) is 5.87. The summed E-state index contributed by atoms with van der Waals surface area (Å²) in [5, 5.41) is 0. The number of unbranched alkanes of at least 4 members (excludes halogenated alkanes) is 1. The third-order valence-corrected chi connectivity index (χ3v) is 7.68. The van der Waals surface area contributed by atoms with E-state index in [1.165, 1.54) is 5.56 Å². The van der Waals surface area contributed by atoms with Gasteiger partial charge in [-0.2, -0.15) is 0 Å². The fraction of sp³-hybridized carbons (Fsp3) is 0.714. The minimum atomic E-state index is -3.26. The molecule has 0 amide bonds. The summed E-state index contributed by atoms with van der Waals surface area (Å²) in [5.74, 6) is 0. The van der Waals surface area contributed by atoms with Crippen LogP contribution in [0.3, 0.4) is 0 Å². The number of benzene rings is 1. The summed E-state index contributed by atoms with van der Waals surface area (Å²) < 4.78 is 31.6. The van der Waals surface area contributed by atoms with Gasteiger partial charge >= 0.3 is 0 Å². The molecule has 5 nitrogen and oxygen atoms in total. The zero-order valence-electron chi connectivity index (χ0n) is 17.9. The van der Waals surface area contributed by atoms with Gasteiger partial charge in [0.15, 0.2) is 0 Å². The third-order valence-electron chi connectivity index (χ3n) is 4.78. The fourth-order valence-electron chi connectivity index (χ4n) is 3.20. The zero-order chi connectivity index (χ0) is 20.3. The number of nitrogens with zero attached hydrogens (tertiary/aromatic N) is 1. The number of hydrogen-bond donors (Lipinski definition) is 0. The van der Waals surface area contributed by atoms with Crippen LogP contribution in [0.1, 0.15) is 66.0 Å². The monoisotopic (exact) mass is 399 g/mol. The van der Waals surface area contributed by atoms with Crippen LogP contribution in [0, 0.1) is 0 Å². The van der Waals surface area contributed by atoms with Crippen LogP contribution in [0.4, 0.5) is 0 Å². The van der Waals surface area contributed by atoms with Crippen molar-refractivity contribution in [2.24, 2.45) is 0 Å². The Labute approximate surface area is 165 Å². The molecule has 1 aromatic rings. The van der Waals surface area contributed by atoms with Crippen molar-refractivity contribution in [2.75, 3.05) is 32.7 Å². The van der Waals surface area contributed by atoms with Gasteiger partial charge in [0, 0.05) is 19.3 Å². The highest BCUT2D eigenvalue weighted by atomic mass is 31.2. The van der Waals surface area contributed by atoms with Gasteiger partial charge in [-0.1, -0.05) is 43.7 Å². The van der Waals surface area contributed by atoms with Crippen molar-refractivity contribution in [3.8, 4) is 0 Å². The van der Waals surface area contributed by atoms with Crippen molar-refractivity contribution < 1.29 is 18.6 Å². The van der Waals surface area contributed by atoms with Crippen LogP contribution in [0.15, 0.2) is 30.3 Å². The van der Waals surface area contributed by atoms with E-state index in [0.717, 1.165) is 19.4 Å². The second-order valence-corrected chi connectivity index (χ2v) is 9.45. The first-order chi connectivity index (χ1) is 12.9. The summed E-state index contributed by atoms with van der Waals surface area (Å²) in [6, 6.07) is 10.4. The molecular weight excluding hydrogens is 361 g/mol. The smallest absolute Gasteiger partial charge is 0.274 e. The quantitative estimate of drug-likeness (QED) is 0.289. The lowest BCUT2D eigenvalue weighted by Gasteiger charge is -2.40. The Hall–Kier alpha value is -0.710. The van der Waals surface area contributed by atoms with E-state index >= 15 is 0 Å². The van der Waals surface area contributed by atoms with Crippen LogP contribution in [0.5, 0.6) is 0 Å². The van der Waals surface area contributed by atoms with Gasteiger partial charge in [-0.15, -0.1) is 0 Å². The maximum absolute atomic E-state index is 14.0. The molecule has 0 aliphatic rings. The van der Waals surface area contributed by atoms with Crippen LogP contribution in [-0.4, -0.2) is 43.1 Å². The molecule has 27 heavy (non-hydrogen) atoms. The lowest BCUT2D eigenvalue weighted by molar-refractivity contribution is -0.168. The molecule has 2 atom stereocenters. The molecule has 6 heteroatoms. The molecule has 0 aliphatic carbocycles. The highest BCUT2D eigenvalue weighted by molar-refractivity contribution is 7.60. The van der Waals surface area contributed by atoms with Crippen molar-refractivity contribution in [1.29, 1.82) is 0 Å². The van der Waals surface area contributed by atoms with Gasteiger partial charge in [0.25, 0.3) is 7.37 Å². The Balaban J connectivity index is 3.20. The van der Waals surface area contributed by atoms with Crippen LogP contribution in [-0.2, 0) is 18.6 Å². The highest BCUT2D eigenvalue weighted by Gasteiger charge is 2.49. The van der Waals surface area contributed by atoms with E-state index < -0.39 is 12.9 Å². The van der Waals surface area contributed by atoms with Gasteiger partial charge in [-0.05, 0) is 53.1 Å². The summed E-state index contributed by atoms with van der Waals surface area (Å²) in [7, 11) is -3.26. The van der Waals surface area contributed by atoms with Gasteiger partial charge in [0.2, 0.25) is 5.53 Å². The van der Waals surface area contributed by atoms with Crippen molar-refractivity contribution in [1.82, 2.24) is 4.90 Å². The molecule has 0 aliphatic heterocycles. The first-order valence-corrected chi connectivity index (χ1v) is 12.0. The Morgan fingerprint density at radius 3 is 2.11 bits per heavy atom. The molecule has 1 aromatic carbocycles. The molecule has 0 saturated heterocycles. The van der Waals surface area contributed by atoms with Gasteiger partial charge in [0.1, 0.15) is 0 Å². The van der Waals surface area contributed by atoms with E-state index in [-0.39, 0.29) is 6.04 Å². The first-order valence-electron chi connectivity index (χ1n) is 10.2. The second kappa shape index (κ2) is 12.0. The number of hydrogen-bond acceptors (Lipinski definition) is 5. The van der Waals surface area contributed by atoms with E-state index in [2.05, 4.69) is 30.9 Å². The van der Waals surface area contributed by atoms with Crippen LogP contribution < -0.4 is 0 Å². The number of ether oxygens (including phenoxy) is 2. The molecule has 0 radical (unpaired) electrons. The molecule has 1 rings (SSSR count). The van der Waals surface area contributed by atoms with Crippen molar-refractivity contribution in [3.05, 3.63) is 35.9 Å². The average molecular weight is 400 g/mol. The maximum Gasteiger partial charge on any atom is 0.274 e. The van der Waals surface area contributed by atoms with Gasteiger partial charge in [-0.3, -0.25) is 9.46 Å². The Kier molecular flexibility index (Phi) is 10.8. The van der Waals surface area contributed by atoms with Crippen molar-refractivity contribution >= 4 is 7.37 Å². The average Bonchev–Trinajstić information content (AvgIpc) is 2.65.